The quantitative estimate of drug-likeness (QED) is 0.616. The molecular formula is C18H18BrNO4. The molecule has 5 nitrogen and oxygen atoms in total. The van der Waals surface area contributed by atoms with Crippen molar-refractivity contribution in [1.82, 2.24) is 4.98 Å². The van der Waals surface area contributed by atoms with Crippen molar-refractivity contribution in [3.63, 3.8) is 0 Å². The van der Waals surface area contributed by atoms with Gasteiger partial charge >= 0.3 is 5.97 Å². The number of carbonyl (C=O) groups excluding carboxylic acids is 3. The monoisotopic (exact) mass is 391 g/mol. The van der Waals surface area contributed by atoms with Gasteiger partial charge in [-0.2, -0.15) is 0 Å². The molecule has 1 atom stereocenters. The molecule has 2 rings (SSSR count). The topological polar surface area (TPSA) is 76.2 Å². The number of ketones is 2. The SMILES string of the molecule is CC(=O)c1c(C)[nH]c(C(=O)O[C@H](C)C(=O)c2ccc(Br)cc2)c1C. The van der Waals surface area contributed by atoms with Gasteiger partial charge < -0.3 is 9.72 Å². The van der Waals surface area contributed by atoms with E-state index >= 15 is 0 Å². The van der Waals surface area contributed by atoms with Crippen molar-refractivity contribution in [1.29, 1.82) is 0 Å². The maximum atomic E-state index is 12.3. The van der Waals surface area contributed by atoms with Crippen molar-refractivity contribution in [3.05, 3.63) is 56.8 Å². The molecule has 0 aliphatic heterocycles. The maximum absolute atomic E-state index is 12.3. The van der Waals surface area contributed by atoms with Crippen molar-refractivity contribution in [3.8, 4) is 0 Å². The van der Waals surface area contributed by atoms with Gasteiger partial charge in [-0.3, -0.25) is 9.59 Å². The summed E-state index contributed by atoms with van der Waals surface area (Å²) in [6.45, 7) is 6.37. The fourth-order valence-electron chi connectivity index (χ4n) is 2.60. The Hall–Kier alpha value is -2.21. The highest BCUT2D eigenvalue weighted by Gasteiger charge is 2.25. The molecule has 0 amide bonds. The number of carbonyl (C=O) groups is 3. The average Bonchev–Trinajstić information content (AvgIpc) is 2.82. The third kappa shape index (κ3) is 3.64. The first kappa shape index (κ1) is 18.1. The lowest BCUT2D eigenvalue weighted by Gasteiger charge is -2.12. The number of ether oxygens (including phenoxy) is 1. The van der Waals surface area contributed by atoms with E-state index in [2.05, 4.69) is 20.9 Å². The predicted octanol–water partition coefficient (Wildman–Crippen LogP) is 4.02. The predicted molar refractivity (Wildman–Crippen MR) is 93.6 cm³/mol. The van der Waals surface area contributed by atoms with Crippen molar-refractivity contribution >= 4 is 33.5 Å². The highest BCUT2D eigenvalue weighted by atomic mass is 79.9. The number of aryl methyl sites for hydroxylation is 1. The maximum Gasteiger partial charge on any atom is 0.355 e. The van der Waals surface area contributed by atoms with Gasteiger partial charge in [0.05, 0.1) is 0 Å². The molecule has 0 saturated heterocycles. The molecule has 0 spiro atoms. The zero-order valence-corrected chi connectivity index (χ0v) is 15.5. The van der Waals surface area contributed by atoms with E-state index in [-0.39, 0.29) is 17.3 Å². The van der Waals surface area contributed by atoms with E-state index in [0.29, 0.717) is 22.4 Å². The van der Waals surface area contributed by atoms with Crippen LogP contribution in [0.1, 0.15) is 56.3 Å². The lowest BCUT2D eigenvalue weighted by molar-refractivity contribution is 0.0313. The van der Waals surface area contributed by atoms with Gasteiger partial charge in [-0.15, -0.1) is 0 Å². The average molecular weight is 392 g/mol. The largest absolute Gasteiger partial charge is 0.450 e. The van der Waals surface area contributed by atoms with E-state index in [9.17, 15) is 14.4 Å². The molecule has 0 radical (unpaired) electrons. The molecule has 1 aromatic heterocycles. The van der Waals surface area contributed by atoms with Crippen LogP contribution in [0.15, 0.2) is 28.7 Å². The van der Waals surface area contributed by atoms with Crippen molar-refractivity contribution in [2.45, 2.75) is 33.8 Å². The molecule has 0 fully saturated rings. The molecular weight excluding hydrogens is 374 g/mol. The second-order valence-electron chi connectivity index (χ2n) is 5.60. The van der Waals surface area contributed by atoms with Crippen molar-refractivity contribution in [2.75, 3.05) is 0 Å². The summed E-state index contributed by atoms with van der Waals surface area (Å²) < 4.78 is 6.13. The summed E-state index contributed by atoms with van der Waals surface area (Å²) >= 11 is 3.30. The molecule has 2 aromatic rings. The molecule has 0 unspecified atom stereocenters. The van der Waals surface area contributed by atoms with Gasteiger partial charge in [0, 0.05) is 21.3 Å². The summed E-state index contributed by atoms with van der Waals surface area (Å²) in [7, 11) is 0. The number of H-pyrrole nitrogens is 1. The summed E-state index contributed by atoms with van der Waals surface area (Å²) in [5, 5.41) is 0. The van der Waals surface area contributed by atoms with Crippen LogP contribution in [0.5, 0.6) is 0 Å². The number of Topliss-reactive ketones (excluding diaryl/α,β-unsaturated/α-hetero) is 2. The van der Waals surface area contributed by atoms with Gasteiger partial charge in [-0.1, -0.05) is 28.1 Å². The standard InChI is InChI=1S/C18H18BrNO4/c1-9-15(11(3)21)10(2)20-16(9)18(23)24-12(4)17(22)13-5-7-14(19)8-6-13/h5-8,12,20H,1-4H3/t12-/m1/s1. The Balaban J connectivity index is 2.17. The minimum atomic E-state index is -0.928. The number of halogens is 1. The molecule has 126 valence electrons. The molecule has 1 heterocycles. The van der Waals surface area contributed by atoms with Crippen LogP contribution in [0, 0.1) is 13.8 Å². The first-order valence-corrected chi connectivity index (χ1v) is 8.22. The second kappa shape index (κ2) is 7.13. The Kier molecular flexibility index (Phi) is 5.39. The van der Waals surface area contributed by atoms with Crippen LogP contribution in [-0.4, -0.2) is 28.6 Å². The summed E-state index contributed by atoms with van der Waals surface area (Å²) in [5.74, 6) is -1.07. The first-order chi connectivity index (χ1) is 11.2. The number of rotatable bonds is 5. The Morgan fingerprint density at radius 3 is 2.21 bits per heavy atom. The van der Waals surface area contributed by atoms with Crippen LogP contribution >= 0.6 is 15.9 Å². The van der Waals surface area contributed by atoms with E-state index < -0.39 is 12.1 Å². The van der Waals surface area contributed by atoms with E-state index in [1.165, 1.54) is 13.8 Å². The van der Waals surface area contributed by atoms with E-state index in [4.69, 9.17) is 4.74 Å². The lowest BCUT2D eigenvalue weighted by atomic mass is 10.1. The number of aromatic amines is 1. The molecule has 0 saturated carbocycles. The number of esters is 1. The third-order valence-corrected chi connectivity index (χ3v) is 4.30. The summed E-state index contributed by atoms with van der Waals surface area (Å²) in [6, 6.07) is 6.82. The lowest BCUT2D eigenvalue weighted by Crippen LogP contribution is -2.25. The molecule has 0 aliphatic rings. The van der Waals surface area contributed by atoms with E-state index in [1.54, 1.807) is 38.1 Å². The summed E-state index contributed by atoms with van der Waals surface area (Å²) in [6.07, 6.45) is -0.928. The van der Waals surface area contributed by atoms with Gasteiger partial charge in [0.15, 0.2) is 11.9 Å². The van der Waals surface area contributed by atoms with Gasteiger partial charge in [0.1, 0.15) is 5.69 Å². The van der Waals surface area contributed by atoms with Crippen LogP contribution in [-0.2, 0) is 4.74 Å². The van der Waals surface area contributed by atoms with Gasteiger partial charge in [0.25, 0.3) is 0 Å². The summed E-state index contributed by atoms with van der Waals surface area (Å²) in [5.41, 5.74) is 2.29. The van der Waals surface area contributed by atoms with Gasteiger partial charge in [0.2, 0.25) is 5.78 Å². The number of aromatic nitrogens is 1. The molecule has 24 heavy (non-hydrogen) atoms. The number of hydrogen-bond acceptors (Lipinski definition) is 4. The second-order valence-corrected chi connectivity index (χ2v) is 6.52. The molecule has 0 bridgehead atoms. The fraction of sp³-hybridized carbons (Fsp3) is 0.278. The smallest absolute Gasteiger partial charge is 0.355 e. The molecule has 0 aliphatic carbocycles. The van der Waals surface area contributed by atoms with Crippen LogP contribution in [0.2, 0.25) is 0 Å². The Morgan fingerprint density at radius 1 is 1.12 bits per heavy atom. The van der Waals surface area contributed by atoms with Crippen molar-refractivity contribution < 1.29 is 19.1 Å². The van der Waals surface area contributed by atoms with Gasteiger partial charge in [-0.25, -0.2) is 4.79 Å². The number of nitrogens with one attached hydrogen (secondary N) is 1. The minimum Gasteiger partial charge on any atom is -0.450 e. The van der Waals surface area contributed by atoms with E-state index in [0.717, 1.165) is 4.47 Å². The van der Waals surface area contributed by atoms with Gasteiger partial charge in [-0.05, 0) is 45.4 Å². The Labute approximate surface area is 148 Å². The highest BCUT2D eigenvalue weighted by molar-refractivity contribution is 9.10. The highest BCUT2D eigenvalue weighted by Crippen LogP contribution is 2.20. The third-order valence-electron chi connectivity index (χ3n) is 3.78. The molecule has 1 N–H and O–H groups in total. The van der Waals surface area contributed by atoms with Crippen molar-refractivity contribution in [2.24, 2.45) is 0 Å². The van der Waals surface area contributed by atoms with Crippen LogP contribution in [0.3, 0.4) is 0 Å². The molecule has 1 aromatic carbocycles. The van der Waals surface area contributed by atoms with Crippen LogP contribution in [0.25, 0.3) is 0 Å². The van der Waals surface area contributed by atoms with Crippen LogP contribution in [0.4, 0.5) is 0 Å². The number of benzene rings is 1. The minimum absolute atomic E-state index is 0.126. The fourth-order valence-corrected chi connectivity index (χ4v) is 2.87. The Bertz CT molecular complexity index is 805. The van der Waals surface area contributed by atoms with E-state index in [1.807, 2.05) is 0 Å². The van der Waals surface area contributed by atoms with Crippen LogP contribution < -0.4 is 0 Å². The number of hydrogen-bond donors (Lipinski definition) is 1. The molecule has 6 heteroatoms. The zero-order valence-electron chi connectivity index (χ0n) is 13.9. The normalized spacial score (nSPS) is 11.9. The Morgan fingerprint density at radius 2 is 1.71 bits per heavy atom. The summed E-state index contributed by atoms with van der Waals surface area (Å²) in [4.78, 5) is 39.2. The first-order valence-electron chi connectivity index (χ1n) is 7.43. The zero-order chi connectivity index (χ0) is 18.0.